The zero-order valence-corrected chi connectivity index (χ0v) is 11.2. The minimum Gasteiger partial charge on any atom is -0.394 e. The Bertz CT molecular complexity index is 445. The molecule has 1 aliphatic rings. The maximum absolute atomic E-state index is 12.6. The lowest BCUT2D eigenvalue weighted by Gasteiger charge is -2.34. The number of nitrogens with zero attached hydrogens (tertiary/aromatic N) is 3. The molecule has 2 rings (SSSR count). The van der Waals surface area contributed by atoms with Crippen LogP contribution in [0.5, 0.6) is 0 Å². The first-order valence-corrected chi connectivity index (χ1v) is 6.49. The summed E-state index contributed by atoms with van der Waals surface area (Å²) < 4.78 is 39.7. The van der Waals surface area contributed by atoms with Gasteiger partial charge in [-0.05, 0) is 26.7 Å². The van der Waals surface area contributed by atoms with Crippen LogP contribution in [0.25, 0.3) is 0 Å². The number of nitrogens with two attached hydrogens (primary N) is 1. The van der Waals surface area contributed by atoms with Gasteiger partial charge in [0.15, 0.2) is 5.82 Å². The lowest BCUT2D eigenvalue weighted by Crippen LogP contribution is -2.40. The van der Waals surface area contributed by atoms with Gasteiger partial charge in [0.25, 0.3) is 0 Å². The maximum Gasteiger partial charge on any atom is 0.391 e. The molecular weight excluding hydrogens is 257 g/mol. The van der Waals surface area contributed by atoms with Gasteiger partial charge >= 0.3 is 6.18 Å². The van der Waals surface area contributed by atoms with Crippen molar-refractivity contribution in [1.29, 1.82) is 0 Å². The molecule has 0 spiro atoms. The molecule has 7 heteroatoms. The molecular formula is C12H19F3N4. The molecule has 0 unspecified atom stereocenters. The van der Waals surface area contributed by atoms with E-state index in [4.69, 9.17) is 5.73 Å². The summed E-state index contributed by atoms with van der Waals surface area (Å²) in [5.74, 6) is -0.426. The van der Waals surface area contributed by atoms with Gasteiger partial charge in [-0.25, -0.2) is 4.68 Å². The Kier molecular flexibility index (Phi) is 3.64. The van der Waals surface area contributed by atoms with Crippen LogP contribution in [0.2, 0.25) is 0 Å². The Hall–Kier alpha value is -1.40. The van der Waals surface area contributed by atoms with Gasteiger partial charge in [0, 0.05) is 19.6 Å². The van der Waals surface area contributed by atoms with Gasteiger partial charge in [0.1, 0.15) is 0 Å². The number of nitrogen functional groups attached to an aromatic ring is 1. The van der Waals surface area contributed by atoms with Crippen LogP contribution in [0.4, 0.5) is 24.7 Å². The highest BCUT2D eigenvalue weighted by Crippen LogP contribution is 2.37. The van der Waals surface area contributed by atoms with Gasteiger partial charge in [0.2, 0.25) is 0 Å². The minimum atomic E-state index is -4.08. The largest absolute Gasteiger partial charge is 0.394 e. The third-order valence-corrected chi connectivity index (χ3v) is 3.70. The molecule has 0 aliphatic carbocycles. The van der Waals surface area contributed by atoms with Gasteiger partial charge in [-0.15, -0.1) is 0 Å². The van der Waals surface area contributed by atoms with Crippen molar-refractivity contribution in [3.05, 3.63) is 5.69 Å². The summed E-state index contributed by atoms with van der Waals surface area (Å²) >= 11 is 0. The van der Waals surface area contributed by atoms with Crippen molar-refractivity contribution in [2.75, 3.05) is 23.7 Å². The first kappa shape index (κ1) is 14.0. The first-order valence-electron chi connectivity index (χ1n) is 6.49. The molecule has 108 valence electrons. The number of aromatic nitrogens is 2. The van der Waals surface area contributed by atoms with Crippen LogP contribution >= 0.6 is 0 Å². The van der Waals surface area contributed by atoms with E-state index in [2.05, 4.69) is 5.10 Å². The number of hydrogen-bond acceptors (Lipinski definition) is 3. The Labute approximate surface area is 110 Å². The number of piperidine rings is 1. The maximum atomic E-state index is 12.6. The third kappa shape index (κ3) is 2.64. The number of alkyl halides is 3. The highest BCUT2D eigenvalue weighted by molar-refractivity contribution is 5.66. The molecule has 2 heterocycles. The van der Waals surface area contributed by atoms with Gasteiger partial charge < -0.3 is 10.6 Å². The summed E-state index contributed by atoms with van der Waals surface area (Å²) in [4.78, 5) is 1.92. The molecule has 0 atom stereocenters. The molecule has 2 N–H and O–H groups in total. The zero-order valence-electron chi connectivity index (χ0n) is 11.2. The van der Waals surface area contributed by atoms with E-state index in [0.717, 1.165) is 11.5 Å². The van der Waals surface area contributed by atoms with E-state index in [1.165, 1.54) is 0 Å². The van der Waals surface area contributed by atoms with Crippen molar-refractivity contribution in [2.24, 2.45) is 5.92 Å². The molecule has 0 amide bonds. The summed E-state index contributed by atoms with van der Waals surface area (Å²) in [6, 6.07) is 0. The number of aryl methyl sites for hydroxylation is 2. The number of anilines is 2. The van der Waals surface area contributed by atoms with Crippen LogP contribution in [0.3, 0.4) is 0 Å². The van der Waals surface area contributed by atoms with Crippen molar-refractivity contribution in [3.63, 3.8) is 0 Å². The Morgan fingerprint density at radius 1 is 1.32 bits per heavy atom. The second-order valence-corrected chi connectivity index (χ2v) is 4.94. The summed E-state index contributed by atoms with van der Waals surface area (Å²) in [6.45, 7) is 5.16. The summed E-state index contributed by atoms with van der Waals surface area (Å²) in [5, 5.41) is 4.30. The van der Waals surface area contributed by atoms with Crippen LogP contribution < -0.4 is 10.6 Å². The zero-order chi connectivity index (χ0) is 14.2. The SMILES string of the molecule is CCn1nc(C)c(N)c1N1CCC(C(F)(F)F)CC1. The normalized spacial score (nSPS) is 18.1. The molecule has 4 nitrogen and oxygen atoms in total. The number of hydrogen-bond donors (Lipinski definition) is 1. The summed E-state index contributed by atoms with van der Waals surface area (Å²) in [5.41, 5.74) is 7.29. The average molecular weight is 276 g/mol. The van der Waals surface area contributed by atoms with Gasteiger partial charge in [-0.2, -0.15) is 18.3 Å². The third-order valence-electron chi connectivity index (χ3n) is 3.70. The van der Waals surface area contributed by atoms with E-state index in [1.807, 2.05) is 18.7 Å². The monoisotopic (exact) mass is 276 g/mol. The fraction of sp³-hybridized carbons (Fsp3) is 0.750. The number of halogens is 3. The van der Waals surface area contributed by atoms with E-state index < -0.39 is 12.1 Å². The summed E-state index contributed by atoms with van der Waals surface area (Å²) in [6.07, 6.45) is -3.84. The van der Waals surface area contributed by atoms with Crippen LogP contribution in [-0.2, 0) is 6.54 Å². The highest BCUT2D eigenvalue weighted by Gasteiger charge is 2.41. The van der Waals surface area contributed by atoms with Crippen LogP contribution in [0.1, 0.15) is 25.5 Å². The van der Waals surface area contributed by atoms with E-state index >= 15 is 0 Å². The quantitative estimate of drug-likeness (QED) is 0.903. The molecule has 0 aromatic carbocycles. The fourth-order valence-corrected chi connectivity index (χ4v) is 2.56. The van der Waals surface area contributed by atoms with Crippen molar-refractivity contribution in [1.82, 2.24) is 9.78 Å². The molecule has 1 saturated heterocycles. The smallest absolute Gasteiger partial charge is 0.391 e. The molecule has 0 radical (unpaired) electrons. The molecule has 19 heavy (non-hydrogen) atoms. The van der Waals surface area contributed by atoms with E-state index in [0.29, 0.717) is 25.3 Å². The Morgan fingerprint density at radius 2 is 1.89 bits per heavy atom. The molecule has 1 aromatic rings. The molecule has 1 aromatic heterocycles. The molecule has 0 bridgehead atoms. The van der Waals surface area contributed by atoms with Crippen molar-refractivity contribution in [2.45, 2.75) is 39.4 Å². The van der Waals surface area contributed by atoms with Crippen LogP contribution in [0.15, 0.2) is 0 Å². The van der Waals surface area contributed by atoms with Crippen molar-refractivity contribution < 1.29 is 13.2 Å². The second-order valence-electron chi connectivity index (χ2n) is 4.94. The topological polar surface area (TPSA) is 47.1 Å². The van der Waals surface area contributed by atoms with Crippen LogP contribution in [-0.4, -0.2) is 29.0 Å². The van der Waals surface area contributed by atoms with Crippen LogP contribution in [0, 0.1) is 12.8 Å². The van der Waals surface area contributed by atoms with Crippen molar-refractivity contribution >= 4 is 11.5 Å². The van der Waals surface area contributed by atoms with E-state index in [9.17, 15) is 13.2 Å². The lowest BCUT2D eigenvalue weighted by atomic mass is 9.96. The second kappa shape index (κ2) is 4.94. The van der Waals surface area contributed by atoms with E-state index in [-0.39, 0.29) is 12.8 Å². The lowest BCUT2D eigenvalue weighted by molar-refractivity contribution is -0.179. The van der Waals surface area contributed by atoms with Gasteiger partial charge in [-0.1, -0.05) is 0 Å². The number of rotatable bonds is 2. The predicted molar refractivity (Wildman–Crippen MR) is 68.0 cm³/mol. The van der Waals surface area contributed by atoms with Gasteiger partial charge in [0.05, 0.1) is 17.3 Å². The predicted octanol–water partition coefficient (Wildman–Crippen LogP) is 2.57. The molecule has 1 aliphatic heterocycles. The minimum absolute atomic E-state index is 0.122. The molecule has 1 fully saturated rings. The fourth-order valence-electron chi connectivity index (χ4n) is 2.56. The summed E-state index contributed by atoms with van der Waals surface area (Å²) in [7, 11) is 0. The Morgan fingerprint density at radius 3 is 2.37 bits per heavy atom. The van der Waals surface area contributed by atoms with Gasteiger partial charge in [-0.3, -0.25) is 0 Å². The van der Waals surface area contributed by atoms with E-state index in [1.54, 1.807) is 4.68 Å². The van der Waals surface area contributed by atoms with Crippen molar-refractivity contribution in [3.8, 4) is 0 Å². The molecule has 0 saturated carbocycles. The first-order chi connectivity index (χ1) is 8.84. The average Bonchev–Trinajstić information content (AvgIpc) is 2.64. The standard InChI is InChI=1S/C12H19F3N4/c1-3-19-11(10(16)8(2)17-19)18-6-4-9(5-7-18)12(13,14)15/h9H,3-7,16H2,1-2H3. The Balaban J connectivity index is 2.14. The highest BCUT2D eigenvalue weighted by atomic mass is 19.4.